The van der Waals surface area contributed by atoms with Crippen LogP contribution >= 0.6 is 0 Å². The Kier molecular flexibility index (Phi) is 3.66. The average molecular weight is 248 g/mol. The van der Waals surface area contributed by atoms with E-state index in [2.05, 4.69) is 10.3 Å². The predicted octanol–water partition coefficient (Wildman–Crippen LogP) is 1.21. The molecule has 2 N–H and O–H groups in total. The van der Waals surface area contributed by atoms with Crippen molar-refractivity contribution in [3.8, 4) is 0 Å². The standard InChI is InChI=1S/C14H20N2O2/c1-10-4-3-5-12(15-10)8-11(2)16-13(18)14(9-17)6-7-14/h3-5,11,17H,6-9H2,1-2H3,(H,16,18). The summed E-state index contributed by atoms with van der Waals surface area (Å²) in [6, 6.07) is 5.94. The Labute approximate surface area is 107 Å². The molecule has 0 saturated heterocycles. The summed E-state index contributed by atoms with van der Waals surface area (Å²) in [6.45, 7) is 3.88. The van der Waals surface area contributed by atoms with Gasteiger partial charge in [0, 0.05) is 23.9 Å². The molecule has 1 unspecified atom stereocenters. The van der Waals surface area contributed by atoms with E-state index in [-0.39, 0.29) is 18.6 Å². The molecule has 1 atom stereocenters. The first-order valence-corrected chi connectivity index (χ1v) is 6.40. The Bertz CT molecular complexity index is 441. The Morgan fingerprint density at radius 3 is 2.83 bits per heavy atom. The molecule has 0 aromatic carbocycles. The Hall–Kier alpha value is -1.42. The molecule has 1 aromatic heterocycles. The van der Waals surface area contributed by atoms with Gasteiger partial charge in [-0.05, 0) is 38.8 Å². The van der Waals surface area contributed by atoms with Crippen molar-refractivity contribution in [3.05, 3.63) is 29.6 Å². The summed E-state index contributed by atoms with van der Waals surface area (Å²) >= 11 is 0. The van der Waals surface area contributed by atoms with Crippen LogP contribution in [0.2, 0.25) is 0 Å². The predicted molar refractivity (Wildman–Crippen MR) is 69.0 cm³/mol. The lowest BCUT2D eigenvalue weighted by molar-refractivity contribution is -0.128. The fourth-order valence-corrected chi connectivity index (χ4v) is 2.06. The number of nitrogens with one attached hydrogen (secondary N) is 1. The third-order valence-corrected chi connectivity index (χ3v) is 3.48. The van der Waals surface area contributed by atoms with Crippen molar-refractivity contribution in [2.45, 2.75) is 39.2 Å². The van der Waals surface area contributed by atoms with E-state index in [0.717, 1.165) is 30.7 Å². The maximum absolute atomic E-state index is 11.9. The normalized spacial score (nSPS) is 18.2. The van der Waals surface area contributed by atoms with Crippen LogP contribution in [0.1, 0.15) is 31.2 Å². The Morgan fingerprint density at radius 2 is 2.28 bits per heavy atom. The molecule has 1 saturated carbocycles. The molecule has 0 bridgehead atoms. The molecule has 1 amide bonds. The highest BCUT2D eigenvalue weighted by molar-refractivity contribution is 5.85. The maximum atomic E-state index is 11.9. The van der Waals surface area contributed by atoms with Crippen molar-refractivity contribution in [1.29, 1.82) is 0 Å². The molecule has 0 aliphatic heterocycles. The lowest BCUT2D eigenvalue weighted by Gasteiger charge is -2.18. The number of aliphatic hydroxyl groups is 1. The van der Waals surface area contributed by atoms with Gasteiger partial charge < -0.3 is 10.4 Å². The maximum Gasteiger partial charge on any atom is 0.228 e. The van der Waals surface area contributed by atoms with Crippen LogP contribution in [0.15, 0.2) is 18.2 Å². The molecule has 98 valence electrons. The first kappa shape index (κ1) is 13.0. The first-order chi connectivity index (χ1) is 8.55. The molecular formula is C14H20N2O2. The average Bonchev–Trinajstić information content (AvgIpc) is 3.09. The minimum atomic E-state index is -0.492. The lowest BCUT2D eigenvalue weighted by Crippen LogP contribution is -2.40. The van der Waals surface area contributed by atoms with E-state index in [4.69, 9.17) is 0 Å². The molecule has 0 spiro atoms. The van der Waals surface area contributed by atoms with Crippen molar-refractivity contribution in [1.82, 2.24) is 10.3 Å². The number of carbonyl (C=O) groups is 1. The SMILES string of the molecule is Cc1cccc(CC(C)NC(=O)C2(CO)CC2)n1. The number of hydrogen-bond donors (Lipinski definition) is 2. The third-order valence-electron chi connectivity index (χ3n) is 3.48. The van der Waals surface area contributed by atoms with Gasteiger partial charge in [-0.3, -0.25) is 9.78 Å². The van der Waals surface area contributed by atoms with Gasteiger partial charge in [-0.2, -0.15) is 0 Å². The van der Waals surface area contributed by atoms with E-state index >= 15 is 0 Å². The topological polar surface area (TPSA) is 62.2 Å². The zero-order valence-corrected chi connectivity index (χ0v) is 10.9. The summed E-state index contributed by atoms with van der Waals surface area (Å²) in [5, 5.41) is 12.2. The summed E-state index contributed by atoms with van der Waals surface area (Å²) in [5.74, 6) is -0.0230. The van der Waals surface area contributed by atoms with Crippen LogP contribution < -0.4 is 5.32 Å². The second-order valence-corrected chi connectivity index (χ2v) is 5.29. The van der Waals surface area contributed by atoms with E-state index in [9.17, 15) is 9.90 Å². The fraction of sp³-hybridized carbons (Fsp3) is 0.571. The number of rotatable bonds is 5. The van der Waals surface area contributed by atoms with E-state index in [0.29, 0.717) is 0 Å². The molecule has 0 radical (unpaired) electrons. The zero-order valence-electron chi connectivity index (χ0n) is 10.9. The second kappa shape index (κ2) is 5.06. The monoisotopic (exact) mass is 248 g/mol. The smallest absolute Gasteiger partial charge is 0.228 e. The van der Waals surface area contributed by atoms with Crippen LogP contribution in [0.4, 0.5) is 0 Å². The third kappa shape index (κ3) is 2.88. The van der Waals surface area contributed by atoms with Gasteiger partial charge in [-0.15, -0.1) is 0 Å². The van der Waals surface area contributed by atoms with Gasteiger partial charge in [-0.1, -0.05) is 6.07 Å². The summed E-state index contributed by atoms with van der Waals surface area (Å²) in [5.41, 5.74) is 1.48. The van der Waals surface area contributed by atoms with Gasteiger partial charge >= 0.3 is 0 Å². The summed E-state index contributed by atoms with van der Waals surface area (Å²) in [6.07, 6.45) is 2.31. The zero-order chi connectivity index (χ0) is 13.2. The highest BCUT2D eigenvalue weighted by Gasteiger charge is 2.49. The van der Waals surface area contributed by atoms with Gasteiger partial charge in [0.05, 0.1) is 12.0 Å². The van der Waals surface area contributed by atoms with Gasteiger partial charge in [0.2, 0.25) is 5.91 Å². The lowest BCUT2D eigenvalue weighted by atomic mass is 10.1. The fourth-order valence-electron chi connectivity index (χ4n) is 2.06. The van der Waals surface area contributed by atoms with Gasteiger partial charge in [0.1, 0.15) is 0 Å². The van der Waals surface area contributed by atoms with E-state index in [1.54, 1.807) is 0 Å². The molecule has 4 heteroatoms. The quantitative estimate of drug-likeness (QED) is 0.823. The highest BCUT2D eigenvalue weighted by Crippen LogP contribution is 2.45. The largest absolute Gasteiger partial charge is 0.395 e. The second-order valence-electron chi connectivity index (χ2n) is 5.29. The van der Waals surface area contributed by atoms with E-state index < -0.39 is 5.41 Å². The molecule has 2 rings (SSSR count). The number of nitrogens with zero attached hydrogens (tertiary/aromatic N) is 1. The summed E-state index contributed by atoms with van der Waals surface area (Å²) in [7, 11) is 0. The van der Waals surface area contributed by atoms with E-state index in [1.165, 1.54) is 0 Å². The highest BCUT2D eigenvalue weighted by atomic mass is 16.3. The van der Waals surface area contributed by atoms with Crippen LogP contribution in [-0.2, 0) is 11.2 Å². The van der Waals surface area contributed by atoms with Gasteiger partial charge in [-0.25, -0.2) is 0 Å². The van der Waals surface area contributed by atoms with Crippen molar-refractivity contribution in [3.63, 3.8) is 0 Å². The van der Waals surface area contributed by atoms with Crippen molar-refractivity contribution in [2.75, 3.05) is 6.61 Å². The molecule has 1 aromatic rings. The Balaban J connectivity index is 1.89. The molecular weight excluding hydrogens is 228 g/mol. The number of aromatic nitrogens is 1. The molecule has 1 fully saturated rings. The molecule has 4 nitrogen and oxygen atoms in total. The van der Waals surface area contributed by atoms with Crippen molar-refractivity contribution >= 4 is 5.91 Å². The van der Waals surface area contributed by atoms with Crippen LogP contribution in [0, 0.1) is 12.3 Å². The van der Waals surface area contributed by atoms with Crippen LogP contribution in [0.25, 0.3) is 0 Å². The van der Waals surface area contributed by atoms with Crippen LogP contribution in [-0.4, -0.2) is 28.6 Å². The molecule has 1 aliphatic carbocycles. The first-order valence-electron chi connectivity index (χ1n) is 6.40. The van der Waals surface area contributed by atoms with Gasteiger partial charge in [0.15, 0.2) is 0 Å². The molecule has 18 heavy (non-hydrogen) atoms. The number of aryl methyl sites for hydroxylation is 1. The van der Waals surface area contributed by atoms with Crippen LogP contribution in [0.5, 0.6) is 0 Å². The number of hydrogen-bond acceptors (Lipinski definition) is 3. The van der Waals surface area contributed by atoms with Gasteiger partial charge in [0.25, 0.3) is 0 Å². The van der Waals surface area contributed by atoms with Crippen molar-refractivity contribution < 1.29 is 9.90 Å². The minimum absolute atomic E-state index is 0.0230. The number of aliphatic hydroxyl groups excluding tert-OH is 1. The number of carbonyl (C=O) groups excluding carboxylic acids is 1. The van der Waals surface area contributed by atoms with E-state index in [1.807, 2.05) is 32.0 Å². The summed E-state index contributed by atoms with van der Waals surface area (Å²) in [4.78, 5) is 16.4. The number of pyridine rings is 1. The number of amides is 1. The summed E-state index contributed by atoms with van der Waals surface area (Å²) < 4.78 is 0. The van der Waals surface area contributed by atoms with Crippen molar-refractivity contribution in [2.24, 2.45) is 5.41 Å². The molecule has 1 heterocycles. The van der Waals surface area contributed by atoms with Crippen LogP contribution in [0.3, 0.4) is 0 Å². The molecule has 1 aliphatic rings. The minimum Gasteiger partial charge on any atom is -0.395 e. The Morgan fingerprint density at radius 1 is 1.56 bits per heavy atom.